The van der Waals surface area contributed by atoms with Crippen LogP contribution < -0.4 is 4.74 Å². The van der Waals surface area contributed by atoms with Gasteiger partial charge in [-0.1, -0.05) is 0 Å². The third kappa shape index (κ3) is 3.66. The van der Waals surface area contributed by atoms with Crippen molar-refractivity contribution in [2.75, 3.05) is 6.61 Å². The van der Waals surface area contributed by atoms with Gasteiger partial charge in [0.2, 0.25) is 0 Å². The van der Waals surface area contributed by atoms with Crippen molar-refractivity contribution in [3.05, 3.63) is 59.2 Å². The molecule has 1 unspecified atom stereocenters. The van der Waals surface area contributed by atoms with Crippen LogP contribution in [0.15, 0.2) is 41.3 Å². The number of rotatable bonds is 3. The van der Waals surface area contributed by atoms with Crippen LogP contribution in [0.3, 0.4) is 0 Å². The number of fused-ring (bicyclic) bond motifs is 1. The molecule has 2 aromatic rings. The Bertz CT molecular complexity index is 789. The van der Waals surface area contributed by atoms with Crippen LogP contribution in [0.25, 0.3) is 0 Å². The Morgan fingerprint density at radius 3 is 2.27 bits per heavy atom. The minimum atomic E-state index is -4.45. The standard InChI is InChI=1S/C18H15F5O2S/c1-9(24)12-8-25-16-14(20)7-6-13(19)15(16)17(12)26-11-4-2-10(3-5-11)18(21,22)23/h2-7,9,12,17,24H,8H2,1H3/t9?,12-,17-/m0/s1. The number of ether oxygens (including phenoxy) is 1. The highest BCUT2D eigenvalue weighted by Crippen LogP contribution is 2.50. The fourth-order valence-corrected chi connectivity index (χ4v) is 4.25. The molecule has 1 N–H and O–H groups in total. The smallest absolute Gasteiger partial charge is 0.416 e. The Labute approximate surface area is 151 Å². The van der Waals surface area contributed by atoms with E-state index in [1.54, 1.807) is 0 Å². The highest BCUT2D eigenvalue weighted by atomic mass is 32.2. The van der Waals surface area contributed by atoms with E-state index >= 15 is 0 Å². The van der Waals surface area contributed by atoms with Crippen LogP contribution in [0.4, 0.5) is 22.0 Å². The lowest BCUT2D eigenvalue weighted by atomic mass is 9.91. The van der Waals surface area contributed by atoms with Gasteiger partial charge < -0.3 is 9.84 Å². The fourth-order valence-electron chi connectivity index (χ4n) is 2.85. The number of halogens is 5. The molecule has 0 radical (unpaired) electrons. The van der Waals surface area contributed by atoms with E-state index in [-0.39, 0.29) is 17.9 Å². The van der Waals surface area contributed by atoms with Crippen molar-refractivity contribution in [3.63, 3.8) is 0 Å². The van der Waals surface area contributed by atoms with E-state index in [0.717, 1.165) is 36.0 Å². The van der Waals surface area contributed by atoms with Gasteiger partial charge >= 0.3 is 6.18 Å². The highest BCUT2D eigenvalue weighted by molar-refractivity contribution is 7.99. The topological polar surface area (TPSA) is 29.5 Å². The summed E-state index contributed by atoms with van der Waals surface area (Å²) < 4.78 is 71.7. The van der Waals surface area contributed by atoms with E-state index in [9.17, 15) is 27.1 Å². The maximum absolute atomic E-state index is 14.4. The Kier molecular flexibility index (Phi) is 5.16. The number of thioether (sulfide) groups is 1. The monoisotopic (exact) mass is 390 g/mol. The van der Waals surface area contributed by atoms with E-state index in [4.69, 9.17) is 4.74 Å². The molecule has 2 aromatic carbocycles. The zero-order valence-corrected chi connectivity index (χ0v) is 14.4. The molecule has 1 heterocycles. The molecule has 26 heavy (non-hydrogen) atoms. The number of hydrogen-bond donors (Lipinski definition) is 1. The number of benzene rings is 2. The summed E-state index contributed by atoms with van der Waals surface area (Å²) in [5, 5.41) is 9.30. The van der Waals surface area contributed by atoms with Gasteiger partial charge in [-0.2, -0.15) is 13.2 Å². The summed E-state index contributed by atoms with van der Waals surface area (Å²) in [7, 11) is 0. The quantitative estimate of drug-likeness (QED) is 0.730. The van der Waals surface area contributed by atoms with Crippen LogP contribution in [-0.4, -0.2) is 17.8 Å². The summed E-state index contributed by atoms with van der Waals surface area (Å²) in [5.41, 5.74) is -0.814. The SMILES string of the molecule is CC(O)[C@@H]1COc2c(F)ccc(F)c2[C@H]1Sc1ccc(C(F)(F)F)cc1. The summed E-state index contributed by atoms with van der Waals surface area (Å²) in [6, 6.07) is 6.35. The van der Waals surface area contributed by atoms with E-state index in [0.29, 0.717) is 4.90 Å². The first-order valence-corrected chi connectivity index (χ1v) is 8.69. The van der Waals surface area contributed by atoms with Gasteiger partial charge in [-0.25, -0.2) is 8.78 Å². The Morgan fingerprint density at radius 2 is 1.69 bits per heavy atom. The molecule has 0 amide bonds. The predicted molar refractivity (Wildman–Crippen MR) is 87.1 cm³/mol. The second-order valence-corrected chi connectivity index (χ2v) is 7.26. The average molecular weight is 390 g/mol. The zero-order chi connectivity index (χ0) is 19.1. The number of alkyl halides is 3. The molecule has 0 spiro atoms. The minimum Gasteiger partial charge on any atom is -0.490 e. The van der Waals surface area contributed by atoms with E-state index in [2.05, 4.69) is 0 Å². The van der Waals surface area contributed by atoms with Crippen LogP contribution in [0.5, 0.6) is 5.75 Å². The number of aliphatic hydroxyl groups excluding tert-OH is 1. The molecule has 0 bridgehead atoms. The lowest BCUT2D eigenvalue weighted by Gasteiger charge is -2.35. The third-order valence-corrected chi connectivity index (χ3v) is 5.64. The van der Waals surface area contributed by atoms with Gasteiger partial charge in [0.1, 0.15) is 5.82 Å². The summed E-state index contributed by atoms with van der Waals surface area (Å²) in [5.74, 6) is -2.17. The number of aliphatic hydroxyl groups is 1. The van der Waals surface area contributed by atoms with Crippen molar-refractivity contribution in [1.29, 1.82) is 0 Å². The first-order valence-electron chi connectivity index (χ1n) is 7.81. The van der Waals surface area contributed by atoms with Gasteiger partial charge in [-0.3, -0.25) is 0 Å². The summed E-state index contributed by atoms with van der Waals surface area (Å²) >= 11 is 1.07. The minimum absolute atomic E-state index is 0.0213. The summed E-state index contributed by atoms with van der Waals surface area (Å²) in [4.78, 5) is 0.449. The van der Waals surface area contributed by atoms with Crippen molar-refractivity contribution in [2.45, 2.75) is 29.3 Å². The van der Waals surface area contributed by atoms with Crippen LogP contribution in [0.2, 0.25) is 0 Å². The molecule has 8 heteroatoms. The molecule has 3 rings (SSSR count). The molecule has 0 aliphatic carbocycles. The highest BCUT2D eigenvalue weighted by Gasteiger charge is 2.38. The molecule has 0 saturated carbocycles. The van der Waals surface area contributed by atoms with Crippen LogP contribution in [0.1, 0.15) is 23.3 Å². The molecule has 0 aromatic heterocycles. The van der Waals surface area contributed by atoms with Crippen LogP contribution >= 0.6 is 11.8 Å². The van der Waals surface area contributed by atoms with Gasteiger partial charge in [-0.05, 0) is 43.3 Å². The second kappa shape index (κ2) is 7.08. The number of hydrogen-bond acceptors (Lipinski definition) is 3. The third-order valence-electron chi connectivity index (χ3n) is 4.25. The van der Waals surface area contributed by atoms with Gasteiger partial charge in [0.25, 0.3) is 0 Å². The van der Waals surface area contributed by atoms with Crippen molar-refractivity contribution in [3.8, 4) is 5.75 Å². The zero-order valence-electron chi connectivity index (χ0n) is 13.6. The summed E-state index contributed by atoms with van der Waals surface area (Å²) in [6.45, 7) is 1.49. The van der Waals surface area contributed by atoms with E-state index in [1.807, 2.05) is 0 Å². The molecule has 0 fully saturated rings. The van der Waals surface area contributed by atoms with Crippen molar-refractivity contribution < 1.29 is 31.8 Å². The Morgan fingerprint density at radius 1 is 1.08 bits per heavy atom. The van der Waals surface area contributed by atoms with Gasteiger partial charge in [0.05, 0.1) is 18.3 Å². The molecule has 2 nitrogen and oxygen atoms in total. The predicted octanol–water partition coefficient (Wildman–Crippen LogP) is 5.21. The largest absolute Gasteiger partial charge is 0.490 e. The molecule has 1 aliphatic heterocycles. The van der Waals surface area contributed by atoms with E-state index < -0.39 is 40.6 Å². The molecule has 3 atom stereocenters. The van der Waals surface area contributed by atoms with Gasteiger partial charge in [0.15, 0.2) is 11.6 Å². The summed E-state index contributed by atoms with van der Waals surface area (Å²) in [6.07, 6.45) is -5.33. The first-order chi connectivity index (χ1) is 12.2. The van der Waals surface area contributed by atoms with Gasteiger partial charge in [0, 0.05) is 21.6 Å². The van der Waals surface area contributed by atoms with Crippen LogP contribution in [0, 0.1) is 17.6 Å². The normalized spacial score (nSPS) is 21.0. The first kappa shape index (κ1) is 19.0. The van der Waals surface area contributed by atoms with Gasteiger partial charge in [-0.15, -0.1) is 11.8 Å². The Balaban J connectivity index is 1.97. The molecular weight excluding hydrogens is 375 g/mol. The van der Waals surface area contributed by atoms with Crippen LogP contribution in [-0.2, 0) is 6.18 Å². The van der Waals surface area contributed by atoms with E-state index in [1.165, 1.54) is 19.1 Å². The van der Waals surface area contributed by atoms with Crippen molar-refractivity contribution >= 4 is 11.8 Å². The average Bonchev–Trinajstić information content (AvgIpc) is 2.57. The maximum Gasteiger partial charge on any atom is 0.416 e. The fraction of sp³-hybridized carbons (Fsp3) is 0.333. The lowest BCUT2D eigenvalue weighted by molar-refractivity contribution is -0.137. The van der Waals surface area contributed by atoms with Crippen molar-refractivity contribution in [1.82, 2.24) is 0 Å². The molecular formula is C18H15F5O2S. The molecule has 0 saturated heterocycles. The second-order valence-electron chi connectivity index (χ2n) is 6.05. The van der Waals surface area contributed by atoms with Crippen molar-refractivity contribution in [2.24, 2.45) is 5.92 Å². The molecule has 1 aliphatic rings. The lowest BCUT2D eigenvalue weighted by Crippen LogP contribution is -2.33. The maximum atomic E-state index is 14.4. The Hall–Kier alpha value is -1.80. The molecule has 140 valence electrons.